The van der Waals surface area contributed by atoms with Crippen LogP contribution in [0.4, 0.5) is 4.39 Å². The van der Waals surface area contributed by atoms with E-state index in [4.69, 9.17) is 5.73 Å². The molecule has 1 aromatic carbocycles. The van der Waals surface area contributed by atoms with Gasteiger partial charge < -0.3 is 10.3 Å². The first-order chi connectivity index (χ1) is 21.4. The van der Waals surface area contributed by atoms with Gasteiger partial charge >= 0.3 is 0 Å². The van der Waals surface area contributed by atoms with E-state index in [1.54, 1.807) is 0 Å². The molecule has 1 heterocycles. The number of allylic oxidation sites excluding steroid dienone is 1. The van der Waals surface area contributed by atoms with Crippen LogP contribution in [0.1, 0.15) is 139 Å². The summed E-state index contributed by atoms with van der Waals surface area (Å²) >= 11 is 0. The lowest BCUT2D eigenvalue weighted by molar-refractivity contribution is 0.144. The monoisotopic (exact) mass is 627 g/mol. The van der Waals surface area contributed by atoms with Gasteiger partial charge in [0, 0.05) is 28.0 Å². The number of rotatable bonds is 6. The summed E-state index contributed by atoms with van der Waals surface area (Å²) in [4.78, 5) is 13.1. The Morgan fingerprint density at radius 3 is 1.84 bits per heavy atom. The predicted octanol–water partition coefficient (Wildman–Crippen LogP) is 10.5. The minimum absolute atomic E-state index is 0.103. The molecule has 2 fully saturated rings. The SMILES string of the molecule is C=C(C)C.C=c1/c(=C\C)c2ccc(CC)cc2c(=O)n1C1CCC(N)CC1.CC.CC.CC1CC(F)C1.CCCB(C)CCC. The average molecular weight is 627 g/mol. The molecule has 0 bridgehead atoms. The van der Waals surface area contributed by atoms with E-state index in [0.29, 0.717) is 5.92 Å². The molecule has 258 valence electrons. The van der Waals surface area contributed by atoms with Crippen molar-refractivity contribution in [1.82, 2.24) is 4.57 Å². The molecule has 0 radical (unpaired) electrons. The number of aryl methyl sites for hydroxylation is 1. The summed E-state index contributed by atoms with van der Waals surface area (Å²) in [6, 6.07) is 6.73. The van der Waals surface area contributed by atoms with Crippen LogP contribution < -0.4 is 21.9 Å². The van der Waals surface area contributed by atoms with Crippen LogP contribution in [0.25, 0.3) is 23.4 Å². The molecule has 5 heteroatoms. The third-order valence-corrected chi connectivity index (χ3v) is 8.11. The second kappa shape index (κ2) is 26.0. The Labute approximate surface area is 278 Å². The van der Waals surface area contributed by atoms with Crippen molar-refractivity contribution in [2.75, 3.05) is 0 Å². The molecule has 2 N–H and O–H groups in total. The van der Waals surface area contributed by atoms with Crippen molar-refractivity contribution in [3.63, 3.8) is 0 Å². The van der Waals surface area contributed by atoms with Crippen LogP contribution in [-0.2, 0) is 6.42 Å². The summed E-state index contributed by atoms with van der Waals surface area (Å²) < 4.78 is 13.7. The summed E-state index contributed by atoms with van der Waals surface area (Å²) in [5, 5.41) is 3.76. The average Bonchev–Trinajstić information content (AvgIpc) is 3.00. The summed E-state index contributed by atoms with van der Waals surface area (Å²) in [5.74, 6) is 0.667. The Morgan fingerprint density at radius 1 is 1.00 bits per heavy atom. The number of pyridine rings is 1. The van der Waals surface area contributed by atoms with Crippen molar-refractivity contribution in [1.29, 1.82) is 0 Å². The lowest BCUT2D eigenvalue weighted by atomic mass is 9.46. The highest BCUT2D eigenvalue weighted by Gasteiger charge is 2.24. The quantitative estimate of drug-likeness (QED) is 0.256. The molecular formula is C40H72BFN2O. The molecule has 1 aromatic heterocycles. The molecule has 0 amide bonds. The van der Waals surface area contributed by atoms with Crippen LogP contribution in [0, 0.1) is 5.92 Å². The van der Waals surface area contributed by atoms with Crippen LogP contribution in [0.3, 0.4) is 0 Å². The highest BCUT2D eigenvalue weighted by molar-refractivity contribution is 6.57. The van der Waals surface area contributed by atoms with Gasteiger partial charge in [-0.15, -0.1) is 6.58 Å². The predicted molar refractivity (Wildman–Crippen MR) is 206 cm³/mol. The van der Waals surface area contributed by atoms with Crippen LogP contribution in [0.5, 0.6) is 0 Å². The fourth-order valence-corrected chi connectivity index (χ4v) is 5.76. The van der Waals surface area contributed by atoms with E-state index in [9.17, 15) is 9.18 Å². The van der Waals surface area contributed by atoms with Gasteiger partial charge in [0.2, 0.25) is 0 Å². The highest BCUT2D eigenvalue weighted by Crippen LogP contribution is 2.28. The van der Waals surface area contributed by atoms with E-state index in [-0.39, 0.29) is 17.6 Å². The smallest absolute Gasteiger partial charge is 0.259 e. The summed E-state index contributed by atoms with van der Waals surface area (Å²) in [7, 11) is 0. The largest absolute Gasteiger partial charge is 0.328 e. The molecule has 2 aliphatic carbocycles. The molecule has 0 spiro atoms. The van der Waals surface area contributed by atoms with Crippen molar-refractivity contribution >= 4 is 30.1 Å². The maximum atomic E-state index is 13.1. The zero-order chi connectivity index (χ0) is 35.1. The minimum Gasteiger partial charge on any atom is -0.328 e. The van der Waals surface area contributed by atoms with Crippen molar-refractivity contribution in [3.05, 3.63) is 56.8 Å². The van der Waals surface area contributed by atoms with E-state index in [1.807, 2.05) is 53.0 Å². The van der Waals surface area contributed by atoms with Gasteiger partial charge in [0.1, 0.15) is 12.9 Å². The van der Waals surface area contributed by atoms with Crippen molar-refractivity contribution < 1.29 is 4.39 Å². The van der Waals surface area contributed by atoms with Gasteiger partial charge in [-0.3, -0.25) is 4.79 Å². The fourth-order valence-electron chi connectivity index (χ4n) is 5.76. The number of alkyl halides is 1. The fraction of sp³-hybridized carbons (Fsp3) is 0.675. The molecule has 0 aliphatic heterocycles. The van der Waals surface area contributed by atoms with Gasteiger partial charge in [-0.05, 0) is 88.7 Å². The number of nitrogens with two attached hydrogens (primary N) is 1. The Bertz CT molecular complexity index is 1210. The summed E-state index contributed by atoms with van der Waals surface area (Å²) in [6.07, 6.45) is 13.6. The molecule has 0 atom stereocenters. The zero-order valence-electron chi connectivity index (χ0n) is 31.7. The van der Waals surface area contributed by atoms with E-state index in [2.05, 4.69) is 72.0 Å². The molecule has 0 unspecified atom stereocenters. The molecule has 45 heavy (non-hydrogen) atoms. The van der Waals surface area contributed by atoms with Gasteiger partial charge in [-0.1, -0.05) is 118 Å². The zero-order valence-corrected chi connectivity index (χ0v) is 31.7. The Morgan fingerprint density at radius 2 is 1.49 bits per heavy atom. The molecule has 2 aromatic rings. The number of aromatic nitrogens is 1. The third-order valence-electron chi connectivity index (χ3n) is 8.11. The first-order valence-electron chi connectivity index (χ1n) is 18.2. The van der Waals surface area contributed by atoms with Crippen molar-refractivity contribution in [2.45, 2.75) is 172 Å². The maximum Gasteiger partial charge on any atom is 0.259 e. The van der Waals surface area contributed by atoms with E-state index >= 15 is 0 Å². The Hall–Kier alpha value is -2.14. The second-order valence-corrected chi connectivity index (χ2v) is 12.7. The van der Waals surface area contributed by atoms with Crippen LogP contribution in [-0.4, -0.2) is 23.5 Å². The third kappa shape index (κ3) is 16.8. The van der Waals surface area contributed by atoms with Gasteiger partial charge in [0.05, 0.1) is 0 Å². The number of nitrogens with zero attached hydrogens (tertiary/aromatic N) is 1. The second-order valence-electron chi connectivity index (χ2n) is 12.7. The number of hydrogen-bond acceptors (Lipinski definition) is 2. The van der Waals surface area contributed by atoms with Gasteiger partial charge in [-0.2, -0.15) is 0 Å². The minimum atomic E-state index is -0.458. The number of benzene rings is 1. The number of hydrogen-bond donors (Lipinski definition) is 1. The maximum absolute atomic E-state index is 13.1. The Balaban J connectivity index is 0. The molecule has 4 rings (SSSR count). The molecule has 3 nitrogen and oxygen atoms in total. The van der Waals surface area contributed by atoms with Gasteiger partial charge in [0.15, 0.2) is 0 Å². The standard InChI is InChI=1S/C20H26N2O.C7H17B.C5H9F.C4H8.2C2H6/c1-4-14-6-11-18-17(5-2)13(3)22(20(23)19(18)12-14)16-9-7-15(21)8-10-16;1-4-6-8(3)7-5-2;1-4-2-5(6)3-4;1-4(2)3;2*1-2/h5-6,11-12,15-16H,3-4,7-10,21H2,1-2H3;4-7H2,1-3H3;4-5H,2-3H2,1H3;1H2,2-3H3;2*1-2H3/b17-5+;;;;;. The Kier molecular flexibility index (Phi) is 26.0. The normalized spacial score (nSPS) is 20.1. The first-order valence-corrected chi connectivity index (χ1v) is 18.2. The van der Waals surface area contributed by atoms with Gasteiger partial charge in [-0.25, -0.2) is 4.39 Å². The first kappa shape index (κ1) is 45.0. The molecule has 2 saturated carbocycles. The van der Waals surface area contributed by atoms with Gasteiger partial charge in [0.25, 0.3) is 5.56 Å². The molecule has 2 aliphatic rings. The van der Waals surface area contributed by atoms with E-state index in [0.717, 1.165) is 73.0 Å². The lowest BCUT2D eigenvalue weighted by Gasteiger charge is -2.28. The number of fused-ring (bicyclic) bond motifs is 1. The van der Waals surface area contributed by atoms with Crippen molar-refractivity contribution in [3.8, 4) is 0 Å². The topological polar surface area (TPSA) is 48.0 Å². The summed E-state index contributed by atoms with van der Waals surface area (Å²) in [5.41, 5.74) is 8.50. The molecular weight excluding hydrogens is 554 g/mol. The van der Waals surface area contributed by atoms with Crippen LogP contribution in [0.15, 0.2) is 35.1 Å². The summed E-state index contributed by atoms with van der Waals surface area (Å²) in [6.45, 7) is 33.8. The van der Waals surface area contributed by atoms with E-state index < -0.39 is 6.17 Å². The number of halogens is 1. The van der Waals surface area contributed by atoms with E-state index in [1.165, 1.54) is 36.6 Å². The lowest BCUT2D eigenvalue weighted by Crippen LogP contribution is -2.46. The molecule has 0 saturated heterocycles. The highest BCUT2D eigenvalue weighted by atomic mass is 19.1. The van der Waals surface area contributed by atoms with Crippen LogP contribution in [0.2, 0.25) is 19.5 Å². The van der Waals surface area contributed by atoms with Crippen molar-refractivity contribution in [2.24, 2.45) is 11.7 Å². The van der Waals surface area contributed by atoms with Crippen LogP contribution >= 0.6 is 0 Å².